The Morgan fingerprint density at radius 1 is 1.10 bits per heavy atom. The maximum absolute atomic E-state index is 13.4. The molecule has 154 valence electrons. The third kappa shape index (κ3) is 5.31. The van der Waals surface area contributed by atoms with E-state index in [9.17, 15) is 14.0 Å². The Labute approximate surface area is 186 Å². The lowest BCUT2D eigenvalue weighted by Gasteiger charge is -2.22. The first-order valence-electron chi connectivity index (χ1n) is 9.20. The highest BCUT2D eigenvalue weighted by Gasteiger charge is 2.34. The molecule has 8 heteroatoms. The van der Waals surface area contributed by atoms with Crippen molar-refractivity contribution in [3.8, 4) is 0 Å². The molecule has 0 aromatic heterocycles. The lowest BCUT2D eigenvalue weighted by Crippen LogP contribution is -2.39. The number of aliphatic imine (C=N–C) groups is 1. The fourth-order valence-corrected chi connectivity index (χ4v) is 3.15. The average Bonchev–Trinajstić information content (AvgIpc) is 2.92. The van der Waals surface area contributed by atoms with Gasteiger partial charge in [0, 0.05) is 26.7 Å². The smallest absolute Gasteiger partial charge is 0.261 e. The van der Waals surface area contributed by atoms with Gasteiger partial charge in [0.15, 0.2) is 5.96 Å². The van der Waals surface area contributed by atoms with E-state index in [0.717, 1.165) is 5.56 Å². The van der Waals surface area contributed by atoms with E-state index in [-0.39, 0.29) is 54.7 Å². The summed E-state index contributed by atoms with van der Waals surface area (Å²) in [7, 11) is 1.86. The van der Waals surface area contributed by atoms with Gasteiger partial charge in [-0.25, -0.2) is 4.39 Å². The Kier molecular flexibility index (Phi) is 8.12. The lowest BCUT2D eigenvalue weighted by atomic mass is 10.1. The Morgan fingerprint density at radius 3 is 2.34 bits per heavy atom. The van der Waals surface area contributed by atoms with E-state index in [0.29, 0.717) is 30.2 Å². The molecule has 3 rings (SSSR count). The third-order valence-corrected chi connectivity index (χ3v) is 4.47. The van der Waals surface area contributed by atoms with E-state index in [1.165, 1.54) is 17.0 Å². The number of nitrogens with zero attached hydrogens (tertiary/aromatic N) is 3. The van der Waals surface area contributed by atoms with Gasteiger partial charge in [-0.05, 0) is 36.8 Å². The van der Waals surface area contributed by atoms with Crippen LogP contribution in [-0.2, 0) is 6.54 Å². The monoisotopic (exact) mass is 510 g/mol. The molecule has 0 radical (unpaired) electrons. The predicted molar refractivity (Wildman–Crippen MR) is 121 cm³/mol. The Hall–Kier alpha value is -2.49. The first-order valence-corrected chi connectivity index (χ1v) is 9.20. The molecule has 2 aromatic carbocycles. The minimum absolute atomic E-state index is 0. The standard InChI is InChI=1S/C21H23FN4O2.HI/c1-3-23-21(25(2)14-15-7-6-8-16(22)13-15)24-11-12-26-19(27)17-9-4-5-10-18(17)20(26)28;/h4-10,13H,3,11-12,14H2,1-2H3,(H,23,24);1H. The van der Waals surface area contributed by atoms with Gasteiger partial charge in [-0.2, -0.15) is 0 Å². The summed E-state index contributed by atoms with van der Waals surface area (Å²) in [5.41, 5.74) is 1.70. The summed E-state index contributed by atoms with van der Waals surface area (Å²) in [5, 5.41) is 3.18. The number of fused-ring (bicyclic) bond motifs is 1. The van der Waals surface area contributed by atoms with Gasteiger partial charge in [0.1, 0.15) is 5.82 Å². The summed E-state index contributed by atoms with van der Waals surface area (Å²) in [6.07, 6.45) is 0. The van der Waals surface area contributed by atoms with E-state index in [1.807, 2.05) is 24.9 Å². The molecule has 0 saturated carbocycles. The number of imide groups is 1. The van der Waals surface area contributed by atoms with Crippen LogP contribution in [0.25, 0.3) is 0 Å². The van der Waals surface area contributed by atoms with Gasteiger partial charge in [-0.15, -0.1) is 24.0 Å². The summed E-state index contributed by atoms with van der Waals surface area (Å²) < 4.78 is 13.4. The second kappa shape index (κ2) is 10.3. The maximum Gasteiger partial charge on any atom is 0.261 e. The van der Waals surface area contributed by atoms with Gasteiger partial charge < -0.3 is 10.2 Å². The fourth-order valence-electron chi connectivity index (χ4n) is 3.15. The summed E-state index contributed by atoms with van der Waals surface area (Å²) in [5.74, 6) is -0.218. The number of carbonyl (C=O) groups is 2. The van der Waals surface area contributed by atoms with Crippen LogP contribution in [0.5, 0.6) is 0 Å². The predicted octanol–water partition coefficient (Wildman–Crippen LogP) is 3.14. The average molecular weight is 510 g/mol. The summed E-state index contributed by atoms with van der Waals surface area (Å²) in [6.45, 7) is 3.59. The normalized spacial score (nSPS) is 13.2. The molecule has 2 aromatic rings. The molecule has 1 N–H and O–H groups in total. The van der Waals surface area contributed by atoms with Crippen LogP contribution < -0.4 is 5.32 Å². The first-order chi connectivity index (χ1) is 13.5. The van der Waals surface area contributed by atoms with Gasteiger partial charge in [-0.3, -0.25) is 19.5 Å². The van der Waals surface area contributed by atoms with Crippen LogP contribution in [0, 0.1) is 5.82 Å². The molecule has 0 fully saturated rings. The van der Waals surface area contributed by atoms with Gasteiger partial charge in [0.2, 0.25) is 0 Å². The van der Waals surface area contributed by atoms with E-state index in [1.54, 1.807) is 30.3 Å². The molecule has 6 nitrogen and oxygen atoms in total. The Morgan fingerprint density at radius 2 is 1.76 bits per heavy atom. The van der Waals surface area contributed by atoms with Gasteiger partial charge in [0.25, 0.3) is 11.8 Å². The molecule has 0 unspecified atom stereocenters. The van der Waals surface area contributed by atoms with Crippen molar-refractivity contribution >= 4 is 41.8 Å². The van der Waals surface area contributed by atoms with Crippen LogP contribution in [0.4, 0.5) is 4.39 Å². The number of carbonyl (C=O) groups excluding carboxylic acids is 2. The van der Waals surface area contributed by atoms with Crippen molar-refractivity contribution in [2.45, 2.75) is 13.5 Å². The SMILES string of the molecule is CCNC(=NCCN1C(=O)c2ccccc2C1=O)N(C)Cc1cccc(F)c1.I. The highest BCUT2D eigenvalue weighted by atomic mass is 127. The fraction of sp³-hybridized carbons (Fsp3) is 0.286. The van der Waals surface area contributed by atoms with Crippen LogP contribution in [0.15, 0.2) is 53.5 Å². The number of hydrogen-bond donors (Lipinski definition) is 1. The van der Waals surface area contributed by atoms with E-state index in [4.69, 9.17) is 0 Å². The van der Waals surface area contributed by atoms with Crippen molar-refractivity contribution in [3.63, 3.8) is 0 Å². The van der Waals surface area contributed by atoms with Crippen molar-refractivity contribution in [1.29, 1.82) is 0 Å². The number of nitrogens with one attached hydrogen (secondary N) is 1. The third-order valence-electron chi connectivity index (χ3n) is 4.47. The Bertz CT molecular complexity index is 884. The molecular weight excluding hydrogens is 486 g/mol. The van der Waals surface area contributed by atoms with Crippen molar-refractivity contribution in [3.05, 3.63) is 71.0 Å². The number of rotatable bonds is 6. The van der Waals surface area contributed by atoms with Crippen LogP contribution in [0.3, 0.4) is 0 Å². The topological polar surface area (TPSA) is 65.0 Å². The minimum Gasteiger partial charge on any atom is -0.357 e. The van der Waals surface area contributed by atoms with Crippen molar-refractivity contribution in [1.82, 2.24) is 15.1 Å². The zero-order valence-electron chi connectivity index (χ0n) is 16.4. The zero-order chi connectivity index (χ0) is 20.1. The Balaban J connectivity index is 0.00000300. The van der Waals surface area contributed by atoms with E-state index in [2.05, 4.69) is 10.3 Å². The lowest BCUT2D eigenvalue weighted by molar-refractivity contribution is 0.0659. The molecule has 1 heterocycles. The van der Waals surface area contributed by atoms with Crippen molar-refractivity contribution < 1.29 is 14.0 Å². The number of amides is 2. The summed E-state index contributed by atoms with van der Waals surface area (Å²) >= 11 is 0. The largest absolute Gasteiger partial charge is 0.357 e. The first kappa shape index (κ1) is 22.8. The van der Waals surface area contributed by atoms with Crippen molar-refractivity contribution in [2.24, 2.45) is 4.99 Å². The molecule has 1 aliphatic heterocycles. The molecule has 0 bridgehead atoms. The molecule has 2 amide bonds. The number of hydrogen-bond acceptors (Lipinski definition) is 3. The molecule has 1 aliphatic rings. The highest BCUT2D eigenvalue weighted by Crippen LogP contribution is 2.21. The van der Waals surface area contributed by atoms with Crippen molar-refractivity contribution in [2.75, 3.05) is 26.7 Å². The minimum atomic E-state index is -0.283. The number of guanidine groups is 1. The second-order valence-electron chi connectivity index (χ2n) is 6.53. The van der Waals surface area contributed by atoms with E-state index < -0.39 is 0 Å². The number of benzene rings is 2. The summed E-state index contributed by atoms with van der Waals surface area (Å²) in [4.78, 5) is 32.4. The maximum atomic E-state index is 13.4. The molecule has 29 heavy (non-hydrogen) atoms. The molecular formula is C21H24FIN4O2. The summed E-state index contributed by atoms with van der Waals surface area (Å²) in [6, 6.07) is 13.2. The van der Waals surface area contributed by atoms with Gasteiger partial charge in [0.05, 0.1) is 17.7 Å². The van der Waals surface area contributed by atoms with E-state index >= 15 is 0 Å². The van der Waals surface area contributed by atoms with Gasteiger partial charge >= 0.3 is 0 Å². The van der Waals surface area contributed by atoms with Crippen LogP contribution >= 0.6 is 24.0 Å². The van der Waals surface area contributed by atoms with Crippen LogP contribution in [0.2, 0.25) is 0 Å². The highest BCUT2D eigenvalue weighted by molar-refractivity contribution is 14.0. The second-order valence-corrected chi connectivity index (χ2v) is 6.53. The quantitative estimate of drug-likeness (QED) is 0.281. The molecule has 0 atom stereocenters. The zero-order valence-corrected chi connectivity index (χ0v) is 18.7. The molecule has 0 spiro atoms. The molecule has 0 saturated heterocycles. The van der Waals surface area contributed by atoms with Crippen LogP contribution in [0.1, 0.15) is 33.2 Å². The molecule has 0 aliphatic carbocycles. The number of halogens is 2. The van der Waals surface area contributed by atoms with Gasteiger partial charge in [-0.1, -0.05) is 24.3 Å². The van der Waals surface area contributed by atoms with Crippen LogP contribution in [-0.4, -0.2) is 54.3 Å².